The Kier molecular flexibility index (Phi) is 7.94. The fourth-order valence-electron chi connectivity index (χ4n) is 4.67. The largest absolute Gasteiger partial charge is 0.497 e. The van der Waals surface area contributed by atoms with Gasteiger partial charge < -0.3 is 9.84 Å². The third-order valence-electron chi connectivity index (χ3n) is 6.44. The number of piperidine rings is 1. The molecule has 0 bridgehead atoms. The van der Waals surface area contributed by atoms with Crippen LogP contribution in [0.15, 0.2) is 48.0 Å². The molecule has 2 atom stereocenters. The van der Waals surface area contributed by atoms with Gasteiger partial charge in [-0.2, -0.15) is 0 Å². The van der Waals surface area contributed by atoms with Gasteiger partial charge in [0.1, 0.15) is 5.75 Å². The second kappa shape index (κ2) is 11.3. The molecule has 1 aliphatic heterocycles. The predicted molar refractivity (Wildman–Crippen MR) is 133 cm³/mol. The highest BCUT2D eigenvalue weighted by Gasteiger charge is 2.31. The molecule has 176 valence electrons. The van der Waals surface area contributed by atoms with Crippen molar-refractivity contribution in [2.75, 3.05) is 26.7 Å². The van der Waals surface area contributed by atoms with E-state index in [0.717, 1.165) is 28.7 Å². The number of Topliss-reactive ketones (excluding diaryl/α,β-unsaturated/α-hetero) is 1. The number of hydrogen-bond acceptors (Lipinski definition) is 6. The average Bonchev–Trinajstić information content (AvgIpc) is 3.36. The number of aromatic nitrogens is 1. The van der Waals surface area contributed by atoms with Gasteiger partial charge in [-0.25, -0.2) is 0 Å². The maximum absolute atomic E-state index is 13.1. The molecule has 3 aromatic rings. The SMILES string of the molecule is COc1ccc2nccc(C(=O)CCC3CCN(CC#Cc4cccs4)CC3CC(=O)O)c2c1. The Morgan fingerprint density at radius 1 is 1.26 bits per heavy atom. The van der Waals surface area contributed by atoms with Crippen molar-refractivity contribution in [2.45, 2.75) is 25.7 Å². The molecule has 6 nitrogen and oxygen atoms in total. The van der Waals surface area contributed by atoms with Gasteiger partial charge in [-0.15, -0.1) is 11.3 Å². The van der Waals surface area contributed by atoms with E-state index in [2.05, 4.69) is 21.7 Å². The number of carbonyl (C=O) groups excluding carboxylic acids is 1. The summed E-state index contributed by atoms with van der Waals surface area (Å²) in [4.78, 5) is 32.3. The number of carboxylic acid groups (broad SMARTS) is 1. The molecule has 4 rings (SSSR count). The molecule has 3 heterocycles. The monoisotopic (exact) mass is 476 g/mol. The molecule has 1 fully saturated rings. The summed E-state index contributed by atoms with van der Waals surface area (Å²) in [6, 6.07) is 11.3. The summed E-state index contributed by atoms with van der Waals surface area (Å²) in [6.45, 7) is 2.19. The molecular weight excluding hydrogens is 448 g/mol. The quantitative estimate of drug-likeness (QED) is 0.374. The van der Waals surface area contributed by atoms with Crippen molar-refractivity contribution < 1.29 is 19.4 Å². The lowest BCUT2D eigenvalue weighted by atomic mass is 9.79. The minimum absolute atomic E-state index is 0.0110. The van der Waals surface area contributed by atoms with Gasteiger partial charge in [-0.05, 0) is 66.9 Å². The normalized spacial score (nSPS) is 18.3. The number of benzene rings is 1. The molecule has 34 heavy (non-hydrogen) atoms. The van der Waals surface area contributed by atoms with Crippen LogP contribution in [0.2, 0.25) is 0 Å². The first-order valence-electron chi connectivity index (χ1n) is 11.5. The topological polar surface area (TPSA) is 79.7 Å². The van der Waals surface area contributed by atoms with E-state index in [1.165, 1.54) is 0 Å². The zero-order valence-electron chi connectivity index (χ0n) is 19.2. The maximum atomic E-state index is 13.1. The number of ether oxygens (including phenoxy) is 1. The number of nitrogens with zero attached hydrogens (tertiary/aromatic N) is 2. The second-order valence-corrected chi connectivity index (χ2v) is 9.57. The minimum Gasteiger partial charge on any atom is -0.497 e. The van der Waals surface area contributed by atoms with Gasteiger partial charge in [-0.1, -0.05) is 17.9 Å². The van der Waals surface area contributed by atoms with Crippen molar-refractivity contribution in [3.05, 3.63) is 58.4 Å². The van der Waals surface area contributed by atoms with Crippen molar-refractivity contribution >= 4 is 34.0 Å². The number of thiophene rings is 1. The summed E-state index contributed by atoms with van der Waals surface area (Å²) in [5.74, 6) is 6.54. The Morgan fingerprint density at radius 2 is 2.15 bits per heavy atom. The summed E-state index contributed by atoms with van der Waals surface area (Å²) in [6.07, 6.45) is 3.71. The minimum atomic E-state index is -0.792. The highest BCUT2D eigenvalue weighted by Crippen LogP contribution is 2.31. The Hall–Kier alpha value is -3.21. The van der Waals surface area contributed by atoms with Crippen LogP contribution < -0.4 is 4.74 Å². The summed E-state index contributed by atoms with van der Waals surface area (Å²) in [5.41, 5.74) is 1.40. The second-order valence-electron chi connectivity index (χ2n) is 8.62. The van der Waals surface area contributed by atoms with Crippen molar-refractivity contribution in [3.8, 4) is 17.6 Å². The van der Waals surface area contributed by atoms with Crippen LogP contribution in [0, 0.1) is 23.7 Å². The lowest BCUT2D eigenvalue weighted by Crippen LogP contribution is -2.41. The number of carbonyl (C=O) groups is 2. The molecule has 2 unspecified atom stereocenters. The highest BCUT2D eigenvalue weighted by atomic mass is 32.1. The van der Waals surface area contributed by atoms with Crippen LogP contribution in [0.1, 0.15) is 40.9 Å². The van der Waals surface area contributed by atoms with Crippen LogP contribution in [0.4, 0.5) is 0 Å². The summed E-state index contributed by atoms with van der Waals surface area (Å²) >= 11 is 1.62. The number of aliphatic carboxylic acids is 1. The van der Waals surface area contributed by atoms with Gasteiger partial charge in [0.05, 0.1) is 24.0 Å². The Morgan fingerprint density at radius 3 is 2.91 bits per heavy atom. The Bertz CT molecular complexity index is 1210. The van der Waals surface area contributed by atoms with Crippen molar-refractivity contribution in [2.24, 2.45) is 11.8 Å². The first-order valence-corrected chi connectivity index (χ1v) is 12.3. The summed E-state index contributed by atoms with van der Waals surface area (Å²) < 4.78 is 5.31. The average molecular weight is 477 g/mol. The summed E-state index contributed by atoms with van der Waals surface area (Å²) in [5, 5.41) is 12.3. The van der Waals surface area contributed by atoms with Gasteiger partial charge in [0.2, 0.25) is 0 Å². The van der Waals surface area contributed by atoms with Crippen LogP contribution in [-0.4, -0.2) is 53.5 Å². The fourth-order valence-corrected chi connectivity index (χ4v) is 5.26. The standard InChI is InChI=1S/C27H28N2O4S/c1-33-21-7-8-25-24(17-21)23(10-12-28-25)26(30)9-6-19-11-14-29(18-20(19)16-27(31)32)13-2-4-22-5-3-15-34-22/h3,5,7-8,10,12,15,17,19-20H,6,9,11,13-14,16,18H2,1H3,(H,31,32). The van der Waals surface area contributed by atoms with Crippen LogP contribution >= 0.6 is 11.3 Å². The molecule has 2 aromatic heterocycles. The number of hydrogen-bond donors (Lipinski definition) is 1. The summed E-state index contributed by atoms with van der Waals surface area (Å²) in [7, 11) is 1.60. The molecule has 0 amide bonds. The van der Waals surface area contributed by atoms with Crippen LogP contribution in [0.5, 0.6) is 5.75 Å². The zero-order valence-corrected chi connectivity index (χ0v) is 20.0. The third kappa shape index (κ3) is 6.02. The van der Waals surface area contributed by atoms with Crippen molar-refractivity contribution in [3.63, 3.8) is 0 Å². The van der Waals surface area contributed by atoms with E-state index in [9.17, 15) is 14.7 Å². The lowest BCUT2D eigenvalue weighted by Gasteiger charge is -2.37. The van der Waals surface area contributed by atoms with Gasteiger partial charge in [0.25, 0.3) is 0 Å². The molecule has 0 radical (unpaired) electrons. The Balaban J connectivity index is 1.40. The Labute approximate surface area is 203 Å². The molecule has 1 saturated heterocycles. The van der Waals surface area contributed by atoms with Gasteiger partial charge in [0.15, 0.2) is 5.78 Å². The number of likely N-dealkylation sites (tertiary alicyclic amines) is 1. The number of pyridine rings is 1. The smallest absolute Gasteiger partial charge is 0.303 e. The molecule has 1 aromatic carbocycles. The van der Waals surface area contributed by atoms with Crippen LogP contribution in [-0.2, 0) is 4.79 Å². The van der Waals surface area contributed by atoms with Gasteiger partial charge in [0, 0.05) is 36.5 Å². The van der Waals surface area contributed by atoms with Crippen molar-refractivity contribution in [1.29, 1.82) is 0 Å². The molecule has 1 N–H and O–H groups in total. The number of rotatable bonds is 8. The maximum Gasteiger partial charge on any atom is 0.303 e. The van der Waals surface area contributed by atoms with E-state index in [1.807, 2.05) is 35.7 Å². The number of fused-ring (bicyclic) bond motifs is 1. The molecular formula is C27H28N2O4S. The fraction of sp³-hybridized carbons (Fsp3) is 0.370. The first kappa shape index (κ1) is 23.9. The van der Waals surface area contributed by atoms with E-state index >= 15 is 0 Å². The first-order chi connectivity index (χ1) is 16.5. The number of carboxylic acids is 1. The van der Waals surface area contributed by atoms with Gasteiger partial charge >= 0.3 is 5.97 Å². The van der Waals surface area contributed by atoms with E-state index in [0.29, 0.717) is 37.2 Å². The molecule has 0 saturated carbocycles. The number of ketones is 1. The van der Waals surface area contributed by atoms with E-state index in [1.54, 1.807) is 30.7 Å². The van der Waals surface area contributed by atoms with Gasteiger partial charge in [-0.3, -0.25) is 19.5 Å². The van der Waals surface area contributed by atoms with E-state index in [-0.39, 0.29) is 24.0 Å². The molecule has 0 aliphatic carbocycles. The molecule has 1 aliphatic rings. The van der Waals surface area contributed by atoms with Crippen LogP contribution in [0.25, 0.3) is 10.9 Å². The highest BCUT2D eigenvalue weighted by molar-refractivity contribution is 7.10. The molecule has 7 heteroatoms. The molecule has 0 spiro atoms. The van der Waals surface area contributed by atoms with Crippen LogP contribution in [0.3, 0.4) is 0 Å². The van der Waals surface area contributed by atoms with Crippen molar-refractivity contribution in [1.82, 2.24) is 9.88 Å². The van der Waals surface area contributed by atoms with E-state index in [4.69, 9.17) is 4.74 Å². The lowest BCUT2D eigenvalue weighted by molar-refractivity contribution is -0.139. The number of methoxy groups -OCH3 is 1. The van der Waals surface area contributed by atoms with E-state index < -0.39 is 5.97 Å². The predicted octanol–water partition coefficient (Wildman–Crippen LogP) is 4.73. The third-order valence-corrected chi connectivity index (χ3v) is 7.22. The zero-order chi connectivity index (χ0) is 23.9.